The van der Waals surface area contributed by atoms with Gasteiger partial charge in [-0.25, -0.2) is 4.79 Å². The summed E-state index contributed by atoms with van der Waals surface area (Å²) in [5.74, 6) is -3.28. The first-order chi connectivity index (χ1) is 7.23. The largest absolute Gasteiger partial charge is 0.481 e. The standard InChI is InChI=1S/C11H18O5/c1-6(2)5-7(9(12)13)8-10(14)16-11(3,4)15-8/h6-8H,5H2,1-4H3,(H,12,13)/t7?,8-/m0/s1. The van der Waals surface area contributed by atoms with Gasteiger partial charge in [0.25, 0.3) is 0 Å². The van der Waals surface area contributed by atoms with Gasteiger partial charge in [0.05, 0.1) is 5.92 Å². The van der Waals surface area contributed by atoms with Crippen molar-refractivity contribution in [2.45, 2.75) is 46.0 Å². The van der Waals surface area contributed by atoms with Gasteiger partial charge in [0.2, 0.25) is 5.79 Å². The molecule has 16 heavy (non-hydrogen) atoms. The lowest BCUT2D eigenvalue weighted by molar-refractivity contribution is -0.164. The molecule has 0 spiro atoms. The van der Waals surface area contributed by atoms with Crippen LogP contribution in [0.3, 0.4) is 0 Å². The Bertz CT molecular complexity index is 295. The van der Waals surface area contributed by atoms with E-state index in [0.29, 0.717) is 6.42 Å². The molecule has 0 amide bonds. The van der Waals surface area contributed by atoms with E-state index in [4.69, 9.17) is 14.6 Å². The number of carbonyl (C=O) groups is 2. The molecular formula is C11H18O5. The van der Waals surface area contributed by atoms with Crippen molar-refractivity contribution in [2.24, 2.45) is 11.8 Å². The Morgan fingerprint density at radius 3 is 2.38 bits per heavy atom. The van der Waals surface area contributed by atoms with Crippen molar-refractivity contribution in [2.75, 3.05) is 0 Å². The van der Waals surface area contributed by atoms with Gasteiger partial charge in [-0.1, -0.05) is 13.8 Å². The zero-order valence-corrected chi connectivity index (χ0v) is 10.0. The van der Waals surface area contributed by atoms with Gasteiger partial charge in [-0.05, 0) is 12.3 Å². The van der Waals surface area contributed by atoms with E-state index >= 15 is 0 Å². The summed E-state index contributed by atoms with van der Waals surface area (Å²) < 4.78 is 10.3. The third kappa shape index (κ3) is 2.95. The third-order valence-electron chi connectivity index (χ3n) is 2.40. The van der Waals surface area contributed by atoms with Crippen molar-refractivity contribution in [1.29, 1.82) is 0 Å². The van der Waals surface area contributed by atoms with E-state index in [1.54, 1.807) is 13.8 Å². The molecule has 0 aromatic heterocycles. The molecule has 1 heterocycles. The maximum Gasteiger partial charge on any atom is 0.338 e. The molecule has 2 atom stereocenters. The second-order valence-corrected chi connectivity index (χ2v) is 4.93. The van der Waals surface area contributed by atoms with E-state index in [0.717, 1.165) is 0 Å². The van der Waals surface area contributed by atoms with Gasteiger partial charge in [0.1, 0.15) is 0 Å². The maximum atomic E-state index is 11.5. The molecule has 1 rings (SSSR count). The first kappa shape index (κ1) is 13.0. The van der Waals surface area contributed by atoms with Crippen LogP contribution in [0.1, 0.15) is 34.1 Å². The van der Waals surface area contributed by atoms with E-state index < -0.39 is 29.7 Å². The number of rotatable bonds is 4. The second-order valence-electron chi connectivity index (χ2n) is 4.93. The summed E-state index contributed by atoms with van der Waals surface area (Å²) in [6, 6.07) is 0. The van der Waals surface area contributed by atoms with Crippen molar-refractivity contribution in [3.8, 4) is 0 Å². The Labute approximate surface area is 94.7 Å². The first-order valence-corrected chi connectivity index (χ1v) is 5.36. The normalized spacial score (nSPS) is 25.6. The molecule has 1 saturated heterocycles. The minimum Gasteiger partial charge on any atom is -0.481 e. The number of hydrogen-bond donors (Lipinski definition) is 1. The zero-order valence-electron chi connectivity index (χ0n) is 10.0. The predicted octanol–water partition coefficient (Wildman–Crippen LogP) is 1.41. The fourth-order valence-corrected chi connectivity index (χ4v) is 1.79. The molecule has 1 unspecified atom stereocenters. The number of hydrogen-bond acceptors (Lipinski definition) is 4. The lowest BCUT2D eigenvalue weighted by Gasteiger charge is -2.20. The van der Waals surface area contributed by atoms with Gasteiger partial charge >= 0.3 is 11.9 Å². The Morgan fingerprint density at radius 2 is 2.06 bits per heavy atom. The van der Waals surface area contributed by atoms with Gasteiger partial charge in [-0.2, -0.15) is 0 Å². The van der Waals surface area contributed by atoms with Crippen LogP contribution in [0, 0.1) is 11.8 Å². The average molecular weight is 230 g/mol. The number of carboxylic acid groups (broad SMARTS) is 1. The minimum atomic E-state index is -1.02. The number of cyclic esters (lactones) is 1. The summed E-state index contributed by atoms with van der Waals surface area (Å²) in [6.07, 6.45) is -0.597. The highest BCUT2D eigenvalue weighted by Crippen LogP contribution is 2.31. The quantitative estimate of drug-likeness (QED) is 0.739. The minimum absolute atomic E-state index is 0.182. The van der Waals surface area contributed by atoms with E-state index in [1.807, 2.05) is 13.8 Å². The number of carbonyl (C=O) groups excluding carboxylic acids is 1. The van der Waals surface area contributed by atoms with Crippen molar-refractivity contribution in [3.63, 3.8) is 0 Å². The molecule has 1 aliphatic rings. The van der Waals surface area contributed by atoms with Crippen LogP contribution in [0.4, 0.5) is 0 Å². The lowest BCUT2D eigenvalue weighted by atomic mass is 9.92. The summed E-state index contributed by atoms with van der Waals surface area (Å²) >= 11 is 0. The van der Waals surface area contributed by atoms with Crippen LogP contribution in [0.5, 0.6) is 0 Å². The molecule has 5 nitrogen and oxygen atoms in total. The molecule has 0 aromatic carbocycles. The molecule has 5 heteroatoms. The Balaban J connectivity index is 2.80. The van der Waals surface area contributed by atoms with Gasteiger partial charge in [0, 0.05) is 13.8 Å². The smallest absolute Gasteiger partial charge is 0.338 e. The maximum absolute atomic E-state index is 11.5. The van der Waals surface area contributed by atoms with Crippen molar-refractivity contribution in [3.05, 3.63) is 0 Å². The molecule has 1 fully saturated rings. The van der Waals surface area contributed by atoms with Crippen LogP contribution in [-0.4, -0.2) is 28.9 Å². The van der Waals surface area contributed by atoms with E-state index in [9.17, 15) is 9.59 Å². The molecule has 92 valence electrons. The summed E-state index contributed by atoms with van der Waals surface area (Å²) in [7, 11) is 0. The van der Waals surface area contributed by atoms with Crippen molar-refractivity contribution in [1.82, 2.24) is 0 Å². The Morgan fingerprint density at radius 1 is 1.50 bits per heavy atom. The highest BCUT2D eigenvalue weighted by Gasteiger charge is 2.47. The van der Waals surface area contributed by atoms with Gasteiger partial charge in [-0.15, -0.1) is 0 Å². The number of carboxylic acids is 1. The van der Waals surface area contributed by atoms with Gasteiger partial charge in [0.15, 0.2) is 6.10 Å². The lowest BCUT2D eigenvalue weighted by Crippen LogP contribution is -2.34. The number of esters is 1. The number of aliphatic carboxylic acids is 1. The van der Waals surface area contributed by atoms with Crippen LogP contribution < -0.4 is 0 Å². The van der Waals surface area contributed by atoms with Gasteiger partial charge < -0.3 is 14.6 Å². The fourth-order valence-electron chi connectivity index (χ4n) is 1.79. The molecule has 0 radical (unpaired) electrons. The fraction of sp³-hybridized carbons (Fsp3) is 0.818. The molecule has 0 saturated carbocycles. The summed E-state index contributed by atoms with van der Waals surface area (Å²) in [5, 5.41) is 9.08. The van der Waals surface area contributed by atoms with Crippen LogP contribution in [0.2, 0.25) is 0 Å². The molecule has 0 bridgehead atoms. The molecule has 1 N–H and O–H groups in total. The van der Waals surface area contributed by atoms with E-state index in [-0.39, 0.29) is 5.92 Å². The van der Waals surface area contributed by atoms with Crippen molar-refractivity contribution < 1.29 is 24.2 Å². The van der Waals surface area contributed by atoms with E-state index in [1.165, 1.54) is 0 Å². The van der Waals surface area contributed by atoms with Crippen LogP contribution in [-0.2, 0) is 19.1 Å². The summed E-state index contributed by atoms with van der Waals surface area (Å²) in [5.41, 5.74) is 0. The summed E-state index contributed by atoms with van der Waals surface area (Å²) in [4.78, 5) is 22.6. The summed E-state index contributed by atoms with van der Waals surface area (Å²) in [6.45, 7) is 7.00. The van der Waals surface area contributed by atoms with Crippen LogP contribution >= 0.6 is 0 Å². The van der Waals surface area contributed by atoms with Gasteiger partial charge in [-0.3, -0.25) is 4.79 Å². The number of ether oxygens (including phenoxy) is 2. The van der Waals surface area contributed by atoms with Crippen molar-refractivity contribution >= 4 is 11.9 Å². The molecule has 0 aliphatic carbocycles. The first-order valence-electron chi connectivity index (χ1n) is 5.36. The SMILES string of the molecule is CC(C)CC(C(=O)O)[C@@H]1OC(C)(C)OC1=O. The third-order valence-corrected chi connectivity index (χ3v) is 2.40. The average Bonchev–Trinajstić information content (AvgIpc) is 2.34. The topological polar surface area (TPSA) is 72.8 Å². The second kappa shape index (κ2) is 4.41. The molecular weight excluding hydrogens is 212 g/mol. The highest BCUT2D eigenvalue weighted by molar-refractivity contribution is 5.84. The van der Waals surface area contributed by atoms with Crippen LogP contribution in [0.25, 0.3) is 0 Å². The Kier molecular flexibility index (Phi) is 3.57. The zero-order chi connectivity index (χ0) is 12.5. The highest BCUT2D eigenvalue weighted by atomic mass is 16.8. The monoisotopic (exact) mass is 230 g/mol. The predicted molar refractivity (Wildman–Crippen MR) is 55.6 cm³/mol. The van der Waals surface area contributed by atoms with Crippen LogP contribution in [0.15, 0.2) is 0 Å². The molecule has 1 aliphatic heterocycles. The Hall–Kier alpha value is -1.10. The van der Waals surface area contributed by atoms with E-state index in [2.05, 4.69) is 0 Å². The molecule has 0 aromatic rings.